The zero-order chi connectivity index (χ0) is 21.1. The van der Waals surface area contributed by atoms with Gasteiger partial charge in [0, 0.05) is 31.2 Å². The molecule has 0 radical (unpaired) electrons. The molecule has 2 aromatic rings. The maximum Gasteiger partial charge on any atom is 0.415 e. The number of piperidine rings is 1. The lowest BCUT2D eigenvalue weighted by Gasteiger charge is -2.40. The summed E-state index contributed by atoms with van der Waals surface area (Å²) in [4.78, 5) is 16.5. The van der Waals surface area contributed by atoms with Crippen molar-refractivity contribution in [3.63, 3.8) is 0 Å². The summed E-state index contributed by atoms with van der Waals surface area (Å²) >= 11 is 0. The molecule has 4 rings (SSSR count). The van der Waals surface area contributed by atoms with E-state index in [1.54, 1.807) is 14.2 Å². The Kier molecular flexibility index (Phi) is 6.11. The lowest BCUT2D eigenvalue weighted by atomic mass is 10.0. The smallest absolute Gasteiger partial charge is 0.415 e. The number of ether oxygens (including phenoxy) is 3. The Balaban J connectivity index is 1.33. The molecule has 1 saturated heterocycles. The Morgan fingerprint density at radius 1 is 1.10 bits per heavy atom. The summed E-state index contributed by atoms with van der Waals surface area (Å²) in [5.41, 5.74) is 1.84. The SMILES string of the molecule is COc1ccc(C(O)CN2CCC(N3Cc4ccccc4OC3=O)CC2)cc1OC. The topological polar surface area (TPSA) is 71.5 Å². The van der Waals surface area contributed by atoms with Crippen LogP contribution in [-0.4, -0.2) is 60.9 Å². The fourth-order valence-corrected chi connectivity index (χ4v) is 4.24. The average molecular weight is 412 g/mol. The van der Waals surface area contributed by atoms with Crippen LogP contribution in [0.1, 0.15) is 30.1 Å². The third-order valence-electron chi connectivity index (χ3n) is 5.97. The number of aliphatic hydroxyl groups is 1. The molecule has 0 bridgehead atoms. The first kappa shape index (κ1) is 20.5. The summed E-state index contributed by atoms with van der Waals surface area (Å²) in [6.07, 6.45) is 0.831. The van der Waals surface area contributed by atoms with Crippen molar-refractivity contribution >= 4 is 6.09 Å². The van der Waals surface area contributed by atoms with E-state index in [9.17, 15) is 9.90 Å². The molecule has 2 aliphatic heterocycles. The number of aliphatic hydroxyl groups excluding tert-OH is 1. The highest BCUT2D eigenvalue weighted by molar-refractivity contribution is 5.73. The third-order valence-corrected chi connectivity index (χ3v) is 5.97. The number of hydrogen-bond donors (Lipinski definition) is 1. The zero-order valence-electron chi connectivity index (χ0n) is 17.4. The van der Waals surface area contributed by atoms with E-state index in [0.717, 1.165) is 37.1 Å². The predicted octanol–water partition coefficient (Wildman–Crippen LogP) is 3.22. The second kappa shape index (κ2) is 8.93. The molecule has 2 aliphatic rings. The quantitative estimate of drug-likeness (QED) is 0.786. The fourth-order valence-electron chi connectivity index (χ4n) is 4.24. The maximum atomic E-state index is 12.4. The van der Waals surface area contributed by atoms with Gasteiger partial charge in [-0.1, -0.05) is 24.3 Å². The molecule has 0 aliphatic carbocycles. The van der Waals surface area contributed by atoms with Crippen molar-refractivity contribution in [2.75, 3.05) is 33.9 Å². The van der Waals surface area contributed by atoms with Crippen molar-refractivity contribution in [1.82, 2.24) is 9.80 Å². The largest absolute Gasteiger partial charge is 0.493 e. The number of carbonyl (C=O) groups excluding carboxylic acids is 1. The molecule has 1 fully saturated rings. The number of β-amino-alcohol motifs (C(OH)–C–C–N with tert-alkyl or cyclic N) is 1. The molecule has 1 N–H and O–H groups in total. The Bertz CT molecular complexity index is 895. The summed E-state index contributed by atoms with van der Waals surface area (Å²) in [5.74, 6) is 1.91. The molecule has 0 spiro atoms. The molecule has 7 heteroatoms. The first-order valence-corrected chi connectivity index (χ1v) is 10.3. The first-order chi connectivity index (χ1) is 14.6. The summed E-state index contributed by atoms with van der Waals surface area (Å²) < 4.78 is 16.1. The molecule has 2 aromatic carbocycles. The number of rotatable bonds is 6. The van der Waals surface area contributed by atoms with Crippen molar-refractivity contribution < 1.29 is 24.1 Å². The van der Waals surface area contributed by atoms with Gasteiger partial charge in [0.2, 0.25) is 0 Å². The first-order valence-electron chi connectivity index (χ1n) is 10.3. The van der Waals surface area contributed by atoms with Crippen molar-refractivity contribution in [2.45, 2.75) is 31.5 Å². The van der Waals surface area contributed by atoms with Crippen LogP contribution in [0, 0.1) is 0 Å². The average Bonchev–Trinajstić information content (AvgIpc) is 2.78. The molecule has 1 atom stereocenters. The van der Waals surface area contributed by atoms with Gasteiger partial charge in [-0.2, -0.15) is 0 Å². The van der Waals surface area contributed by atoms with Gasteiger partial charge in [-0.05, 0) is 36.6 Å². The van der Waals surface area contributed by atoms with Gasteiger partial charge in [0.25, 0.3) is 0 Å². The van der Waals surface area contributed by atoms with Crippen molar-refractivity contribution in [2.24, 2.45) is 0 Å². The minimum absolute atomic E-state index is 0.153. The van der Waals surface area contributed by atoms with Crippen LogP contribution in [-0.2, 0) is 6.54 Å². The Morgan fingerprint density at radius 3 is 2.57 bits per heavy atom. The lowest BCUT2D eigenvalue weighted by Crippen LogP contribution is -2.49. The van der Waals surface area contributed by atoms with E-state index in [2.05, 4.69) is 4.90 Å². The van der Waals surface area contributed by atoms with Gasteiger partial charge in [-0.3, -0.25) is 0 Å². The number of amides is 1. The zero-order valence-corrected chi connectivity index (χ0v) is 17.4. The van der Waals surface area contributed by atoms with Gasteiger partial charge in [0.05, 0.1) is 26.9 Å². The van der Waals surface area contributed by atoms with E-state index in [4.69, 9.17) is 14.2 Å². The lowest BCUT2D eigenvalue weighted by molar-refractivity contribution is 0.0592. The minimum Gasteiger partial charge on any atom is -0.493 e. The standard InChI is InChI=1S/C23H28N2O5/c1-28-21-8-7-16(13-22(21)29-2)19(26)15-24-11-9-18(10-12-24)25-14-17-5-3-4-6-20(17)30-23(25)27/h3-8,13,18-19,26H,9-12,14-15H2,1-2H3. The van der Waals surface area contributed by atoms with Crippen LogP contribution >= 0.6 is 0 Å². The van der Waals surface area contributed by atoms with Crippen LogP contribution in [0.2, 0.25) is 0 Å². The van der Waals surface area contributed by atoms with Gasteiger partial charge in [0.1, 0.15) is 5.75 Å². The van der Waals surface area contributed by atoms with E-state index in [0.29, 0.717) is 30.3 Å². The number of methoxy groups -OCH3 is 2. The molecule has 1 amide bonds. The molecule has 1 unspecified atom stereocenters. The summed E-state index contributed by atoms with van der Waals surface area (Å²) in [6, 6.07) is 13.3. The van der Waals surface area contributed by atoms with Gasteiger partial charge in [-0.25, -0.2) is 4.79 Å². The van der Waals surface area contributed by atoms with E-state index in [1.807, 2.05) is 47.4 Å². The molecule has 0 saturated carbocycles. The summed E-state index contributed by atoms with van der Waals surface area (Å²) in [5, 5.41) is 10.7. The highest BCUT2D eigenvalue weighted by atomic mass is 16.6. The number of benzene rings is 2. The van der Waals surface area contributed by atoms with Gasteiger partial charge in [0.15, 0.2) is 11.5 Å². The molecule has 0 aromatic heterocycles. The molecular weight excluding hydrogens is 384 g/mol. The van der Waals surface area contributed by atoms with Gasteiger partial charge < -0.3 is 29.1 Å². The minimum atomic E-state index is -0.617. The van der Waals surface area contributed by atoms with E-state index < -0.39 is 6.10 Å². The number of fused-ring (bicyclic) bond motifs is 1. The molecule has 30 heavy (non-hydrogen) atoms. The number of likely N-dealkylation sites (tertiary alicyclic amines) is 1. The summed E-state index contributed by atoms with van der Waals surface area (Å²) in [6.45, 7) is 2.77. The monoisotopic (exact) mass is 412 g/mol. The molecular formula is C23H28N2O5. The highest BCUT2D eigenvalue weighted by Gasteiger charge is 2.33. The van der Waals surface area contributed by atoms with Gasteiger partial charge in [-0.15, -0.1) is 0 Å². The van der Waals surface area contributed by atoms with E-state index in [-0.39, 0.29) is 12.1 Å². The summed E-state index contributed by atoms with van der Waals surface area (Å²) in [7, 11) is 3.18. The third kappa shape index (κ3) is 4.22. The normalized spacial score (nSPS) is 18.5. The molecule has 7 nitrogen and oxygen atoms in total. The van der Waals surface area contributed by atoms with Gasteiger partial charge >= 0.3 is 6.09 Å². The van der Waals surface area contributed by atoms with Crippen LogP contribution in [0.25, 0.3) is 0 Å². The van der Waals surface area contributed by atoms with Crippen molar-refractivity contribution in [3.8, 4) is 17.2 Å². The van der Waals surface area contributed by atoms with E-state index >= 15 is 0 Å². The van der Waals surface area contributed by atoms with Crippen molar-refractivity contribution in [3.05, 3.63) is 53.6 Å². The Morgan fingerprint density at radius 2 is 1.83 bits per heavy atom. The van der Waals surface area contributed by atoms with Crippen LogP contribution < -0.4 is 14.2 Å². The number of para-hydroxylation sites is 1. The Labute approximate surface area is 176 Å². The molecule has 2 heterocycles. The number of nitrogens with zero attached hydrogens (tertiary/aromatic N) is 2. The predicted molar refractivity (Wildman–Crippen MR) is 112 cm³/mol. The van der Waals surface area contributed by atoms with Crippen molar-refractivity contribution in [1.29, 1.82) is 0 Å². The maximum absolute atomic E-state index is 12.4. The second-order valence-electron chi connectivity index (χ2n) is 7.77. The Hall–Kier alpha value is -2.77. The van der Waals surface area contributed by atoms with Crippen LogP contribution in [0.5, 0.6) is 17.2 Å². The van der Waals surface area contributed by atoms with Crippen LogP contribution in [0.15, 0.2) is 42.5 Å². The fraction of sp³-hybridized carbons (Fsp3) is 0.435. The molecule has 160 valence electrons. The number of hydrogen-bond acceptors (Lipinski definition) is 6. The highest BCUT2D eigenvalue weighted by Crippen LogP contribution is 2.32. The number of carbonyl (C=O) groups is 1. The van der Waals surface area contributed by atoms with Crippen LogP contribution in [0.3, 0.4) is 0 Å². The van der Waals surface area contributed by atoms with Crippen LogP contribution in [0.4, 0.5) is 4.79 Å². The van der Waals surface area contributed by atoms with E-state index in [1.165, 1.54) is 0 Å². The second-order valence-corrected chi connectivity index (χ2v) is 7.77.